The third-order valence-corrected chi connectivity index (χ3v) is 6.18. The average molecular weight is 502 g/mol. The van der Waals surface area contributed by atoms with Crippen LogP contribution in [0.25, 0.3) is 33.9 Å². The summed E-state index contributed by atoms with van der Waals surface area (Å²) >= 11 is 0. The standard InChI is InChI=1S/C27H24FN5O4/c1-13-9-18(14(2)12-30-20-6-5-15(3)31-22(20)26-32-27(35)37-33-26)25-19(10-13)23(34)16(4)24(36-25)21-11-17(28)7-8-29-21/h5-11,14,30H,12H2,1-4H3,(H,32,33,35)/t14-/m0/s1. The molecule has 0 aliphatic carbocycles. The Morgan fingerprint density at radius 1 is 1.11 bits per heavy atom. The van der Waals surface area contributed by atoms with Gasteiger partial charge in [0.25, 0.3) is 0 Å². The molecule has 0 saturated heterocycles. The summed E-state index contributed by atoms with van der Waals surface area (Å²) in [6.07, 6.45) is 1.34. The predicted octanol–water partition coefficient (Wildman–Crippen LogP) is 4.87. The molecule has 4 aromatic heterocycles. The lowest BCUT2D eigenvalue weighted by Gasteiger charge is -2.18. The Balaban J connectivity index is 1.55. The Bertz CT molecular complexity index is 1750. The summed E-state index contributed by atoms with van der Waals surface area (Å²) in [6, 6.07) is 9.95. The maximum absolute atomic E-state index is 13.9. The lowest BCUT2D eigenvalue weighted by molar-refractivity contribution is 0.388. The number of nitrogens with zero attached hydrogens (tertiary/aromatic N) is 3. The summed E-state index contributed by atoms with van der Waals surface area (Å²) in [5, 5.41) is 7.58. The van der Waals surface area contributed by atoms with Crippen molar-refractivity contribution in [3.8, 4) is 23.0 Å². The van der Waals surface area contributed by atoms with Gasteiger partial charge in [-0.25, -0.2) is 14.2 Å². The Labute approximate surface area is 210 Å². The van der Waals surface area contributed by atoms with Gasteiger partial charge in [-0.15, -0.1) is 0 Å². The second-order valence-corrected chi connectivity index (χ2v) is 9.05. The number of benzene rings is 1. The van der Waals surface area contributed by atoms with Crippen molar-refractivity contribution >= 4 is 16.7 Å². The molecule has 10 heteroatoms. The number of aromatic nitrogens is 4. The molecule has 5 rings (SSSR count). The van der Waals surface area contributed by atoms with Gasteiger partial charge in [0.1, 0.15) is 22.8 Å². The summed E-state index contributed by atoms with van der Waals surface area (Å²) < 4.78 is 24.8. The van der Waals surface area contributed by atoms with Crippen molar-refractivity contribution in [3.63, 3.8) is 0 Å². The van der Waals surface area contributed by atoms with Gasteiger partial charge in [-0.2, -0.15) is 0 Å². The van der Waals surface area contributed by atoms with Crippen LogP contribution in [0, 0.1) is 26.6 Å². The van der Waals surface area contributed by atoms with Crippen LogP contribution < -0.4 is 16.5 Å². The Kier molecular flexibility index (Phi) is 6.16. The van der Waals surface area contributed by atoms with E-state index >= 15 is 0 Å². The molecule has 4 heterocycles. The second-order valence-electron chi connectivity index (χ2n) is 9.05. The molecule has 0 radical (unpaired) electrons. The van der Waals surface area contributed by atoms with Crippen LogP contribution in [0.4, 0.5) is 10.1 Å². The van der Waals surface area contributed by atoms with E-state index in [0.29, 0.717) is 34.5 Å². The van der Waals surface area contributed by atoms with Crippen LogP contribution in [0.1, 0.15) is 35.2 Å². The van der Waals surface area contributed by atoms with Gasteiger partial charge in [0.2, 0.25) is 5.82 Å². The number of nitrogens with one attached hydrogen (secondary N) is 2. The fourth-order valence-corrected chi connectivity index (χ4v) is 4.29. The van der Waals surface area contributed by atoms with Gasteiger partial charge in [-0.3, -0.25) is 19.3 Å². The van der Waals surface area contributed by atoms with E-state index in [2.05, 4.69) is 29.9 Å². The minimum Gasteiger partial charge on any atom is -0.454 e. The zero-order valence-electron chi connectivity index (χ0n) is 20.7. The Morgan fingerprint density at radius 2 is 1.92 bits per heavy atom. The lowest BCUT2D eigenvalue weighted by Crippen LogP contribution is -2.14. The summed E-state index contributed by atoms with van der Waals surface area (Å²) in [5.74, 6) is -0.796. The third-order valence-electron chi connectivity index (χ3n) is 6.18. The van der Waals surface area contributed by atoms with Crippen LogP contribution in [0.5, 0.6) is 0 Å². The zero-order valence-corrected chi connectivity index (χ0v) is 20.7. The first-order chi connectivity index (χ1) is 17.7. The molecule has 0 bridgehead atoms. The third kappa shape index (κ3) is 4.65. The van der Waals surface area contributed by atoms with Crippen molar-refractivity contribution in [3.05, 3.63) is 91.6 Å². The van der Waals surface area contributed by atoms with E-state index in [-0.39, 0.29) is 28.6 Å². The SMILES string of the molecule is Cc1cc([C@@H](C)CNc2ccc(C)nc2-c2noc(=O)[nH]2)c2oc(-c3cc(F)ccn3)c(C)c(=O)c2c1. The van der Waals surface area contributed by atoms with E-state index in [1.807, 2.05) is 39.0 Å². The molecule has 9 nitrogen and oxygen atoms in total. The highest BCUT2D eigenvalue weighted by atomic mass is 19.1. The van der Waals surface area contributed by atoms with Gasteiger partial charge in [-0.05, 0) is 50.6 Å². The number of hydrogen-bond acceptors (Lipinski definition) is 8. The lowest BCUT2D eigenvalue weighted by atomic mass is 9.95. The van der Waals surface area contributed by atoms with Crippen LogP contribution in [-0.4, -0.2) is 26.7 Å². The van der Waals surface area contributed by atoms with Crippen LogP contribution in [0.15, 0.2) is 61.1 Å². The number of aromatic amines is 1. The molecule has 0 spiro atoms. The van der Waals surface area contributed by atoms with Gasteiger partial charge in [0.15, 0.2) is 11.2 Å². The van der Waals surface area contributed by atoms with Crippen molar-refractivity contribution in [2.45, 2.75) is 33.6 Å². The molecule has 2 N–H and O–H groups in total. The highest BCUT2D eigenvalue weighted by Gasteiger charge is 2.20. The highest BCUT2D eigenvalue weighted by Crippen LogP contribution is 2.32. The molecular formula is C27H24FN5O4. The minimum absolute atomic E-state index is 0.118. The van der Waals surface area contributed by atoms with E-state index in [1.54, 1.807) is 13.0 Å². The van der Waals surface area contributed by atoms with Gasteiger partial charge in [-0.1, -0.05) is 18.1 Å². The number of pyridine rings is 2. The largest absolute Gasteiger partial charge is 0.454 e. The van der Waals surface area contributed by atoms with Crippen LogP contribution in [0.3, 0.4) is 0 Å². The van der Waals surface area contributed by atoms with Gasteiger partial charge < -0.3 is 9.73 Å². The second kappa shape index (κ2) is 9.45. The topological polar surface area (TPSA) is 127 Å². The molecule has 0 amide bonds. The fraction of sp³-hybridized carbons (Fsp3) is 0.222. The minimum atomic E-state index is -0.669. The quantitative estimate of drug-likeness (QED) is 0.337. The van der Waals surface area contributed by atoms with Crippen LogP contribution in [-0.2, 0) is 0 Å². The molecule has 0 aliphatic heterocycles. The van der Waals surface area contributed by atoms with Crippen LogP contribution >= 0.6 is 0 Å². The van der Waals surface area contributed by atoms with Gasteiger partial charge in [0, 0.05) is 41.5 Å². The number of rotatable bonds is 6. The van der Waals surface area contributed by atoms with Crippen LogP contribution in [0.2, 0.25) is 0 Å². The molecule has 5 aromatic rings. The molecule has 188 valence electrons. The van der Waals surface area contributed by atoms with Gasteiger partial charge in [0.05, 0.1) is 11.1 Å². The fourth-order valence-electron chi connectivity index (χ4n) is 4.29. The summed E-state index contributed by atoms with van der Waals surface area (Å²) in [7, 11) is 0. The molecule has 0 unspecified atom stereocenters. The van der Waals surface area contributed by atoms with Crippen molar-refractivity contribution in [2.75, 3.05) is 11.9 Å². The Hall–Kier alpha value is -4.60. The summed E-state index contributed by atoms with van der Waals surface area (Å²) in [4.78, 5) is 36.0. The smallest absolute Gasteiger partial charge is 0.439 e. The van der Waals surface area contributed by atoms with Crippen molar-refractivity contribution in [1.82, 2.24) is 20.1 Å². The molecule has 1 atom stereocenters. The van der Waals surface area contributed by atoms with Crippen molar-refractivity contribution < 1.29 is 13.3 Å². The van der Waals surface area contributed by atoms with Crippen molar-refractivity contribution in [1.29, 1.82) is 0 Å². The number of fused-ring (bicyclic) bond motifs is 1. The maximum atomic E-state index is 13.9. The van der Waals surface area contributed by atoms with Gasteiger partial charge >= 0.3 is 5.76 Å². The number of aryl methyl sites for hydroxylation is 2. The monoisotopic (exact) mass is 501 g/mol. The number of hydrogen-bond donors (Lipinski definition) is 2. The Morgan fingerprint density at radius 3 is 2.65 bits per heavy atom. The van der Waals surface area contributed by atoms with E-state index in [0.717, 1.165) is 16.8 Å². The van der Waals surface area contributed by atoms with E-state index in [1.165, 1.54) is 18.3 Å². The normalized spacial score (nSPS) is 12.1. The molecule has 0 aliphatic rings. The van der Waals surface area contributed by atoms with Crippen molar-refractivity contribution in [2.24, 2.45) is 0 Å². The first-order valence-corrected chi connectivity index (χ1v) is 11.7. The molecular weight excluding hydrogens is 477 g/mol. The van der Waals surface area contributed by atoms with E-state index < -0.39 is 11.6 Å². The molecule has 0 fully saturated rings. The summed E-state index contributed by atoms with van der Waals surface area (Å²) in [5.41, 5.74) is 4.44. The number of anilines is 1. The molecule has 0 saturated carbocycles. The van der Waals surface area contributed by atoms with E-state index in [4.69, 9.17) is 4.42 Å². The molecule has 37 heavy (non-hydrogen) atoms. The zero-order chi connectivity index (χ0) is 26.3. The van der Waals surface area contributed by atoms with E-state index in [9.17, 15) is 14.0 Å². The first kappa shape index (κ1) is 24.1. The highest BCUT2D eigenvalue weighted by molar-refractivity contribution is 5.84. The average Bonchev–Trinajstić information content (AvgIpc) is 3.31. The summed E-state index contributed by atoms with van der Waals surface area (Å²) in [6.45, 7) is 7.86. The maximum Gasteiger partial charge on any atom is 0.439 e. The predicted molar refractivity (Wildman–Crippen MR) is 137 cm³/mol. The molecule has 1 aromatic carbocycles. The first-order valence-electron chi connectivity index (χ1n) is 11.7. The number of H-pyrrole nitrogens is 1. The number of halogens is 1.